The lowest BCUT2D eigenvalue weighted by molar-refractivity contribution is -0.145. The third-order valence-corrected chi connectivity index (χ3v) is 11.8. The number of nitrogens with zero attached hydrogens (tertiary/aromatic N) is 1. The maximum Gasteiger partial charge on any atom is 0.414 e. The van der Waals surface area contributed by atoms with Crippen molar-refractivity contribution in [1.29, 1.82) is 0 Å². The minimum atomic E-state index is -3.39. The van der Waals surface area contributed by atoms with Gasteiger partial charge in [-0.3, -0.25) is 19.5 Å². The molecule has 11 heteroatoms. The Hall–Kier alpha value is -4.60. The maximum atomic E-state index is 15.1. The molecule has 10 nitrogen and oxygen atoms in total. The largest absolute Gasteiger partial charge is 0.444 e. The van der Waals surface area contributed by atoms with Crippen LogP contribution >= 0.6 is 7.37 Å². The molecule has 0 aromatic heterocycles. The highest BCUT2D eigenvalue weighted by molar-refractivity contribution is 7.57. The summed E-state index contributed by atoms with van der Waals surface area (Å²) >= 11 is 0. The molecule has 0 saturated carbocycles. The minimum Gasteiger partial charge on any atom is -0.444 e. The number of nitrogens with two attached hydrogens (primary N) is 1. The fraction of sp³-hybridized carbons (Fsp3) is 0.413. The van der Waals surface area contributed by atoms with Crippen molar-refractivity contribution in [3.8, 4) is 0 Å². The molecule has 0 spiro atoms. The molecule has 0 radical (unpaired) electrons. The van der Waals surface area contributed by atoms with E-state index in [4.69, 9.17) is 15.0 Å². The van der Waals surface area contributed by atoms with Gasteiger partial charge in [0.15, 0.2) is 0 Å². The van der Waals surface area contributed by atoms with Crippen LogP contribution in [0.1, 0.15) is 69.7 Å². The Morgan fingerprint density at radius 1 is 0.737 bits per heavy atom. The van der Waals surface area contributed by atoms with Crippen molar-refractivity contribution in [3.63, 3.8) is 0 Å². The number of ether oxygens (including phenoxy) is 1. The molecule has 0 bridgehead atoms. The Labute approximate surface area is 338 Å². The van der Waals surface area contributed by atoms with E-state index in [0.29, 0.717) is 6.42 Å². The van der Waals surface area contributed by atoms with Gasteiger partial charge in [0.1, 0.15) is 11.6 Å². The number of rotatable bonds is 20. The van der Waals surface area contributed by atoms with Crippen molar-refractivity contribution in [2.75, 3.05) is 13.2 Å². The van der Waals surface area contributed by atoms with Crippen LogP contribution in [-0.4, -0.2) is 64.9 Å². The van der Waals surface area contributed by atoms with Gasteiger partial charge in [0.2, 0.25) is 13.3 Å². The Balaban J connectivity index is 1.69. The molecule has 0 aliphatic carbocycles. The number of nitrogens with one attached hydrogen (secondary N) is 1. The molecule has 306 valence electrons. The number of carbonyl (C=O) groups excluding carboxylic acids is 3. The van der Waals surface area contributed by atoms with E-state index in [9.17, 15) is 19.3 Å². The molecule has 4 aromatic carbocycles. The number of amides is 3. The van der Waals surface area contributed by atoms with Gasteiger partial charge >= 0.3 is 6.09 Å². The van der Waals surface area contributed by atoms with Crippen molar-refractivity contribution in [1.82, 2.24) is 10.2 Å². The molecule has 0 aliphatic heterocycles. The number of carbonyl (C=O) groups is 3. The predicted molar refractivity (Wildman–Crippen MR) is 226 cm³/mol. The van der Waals surface area contributed by atoms with Crippen molar-refractivity contribution < 1.29 is 33.3 Å². The maximum absolute atomic E-state index is 15.1. The highest BCUT2D eigenvalue weighted by atomic mass is 31.2. The summed E-state index contributed by atoms with van der Waals surface area (Å²) in [5.74, 6) is -2.01. The molecule has 4 rings (SSSR count). The lowest BCUT2D eigenvalue weighted by Gasteiger charge is -2.36. The van der Waals surface area contributed by atoms with E-state index < -0.39 is 55.0 Å². The monoisotopic (exact) mass is 797 g/mol. The molecule has 57 heavy (non-hydrogen) atoms. The predicted octanol–water partition coefficient (Wildman–Crippen LogP) is 8.16. The molecule has 0 heterocycles. The average molecular weight is 798 g/mol. The second-order valence-corrected chi connectivity index (χ2v) is 18.7. The van der Waals surface area contributed by atoms with E-state index in [0.717, 1.165) is 22.3 Å². The van der Waals surface area contributed by atoms with Crippen molar-refractivity contribution in [3.05, 3.63) is 144 Å². The first-order valence-corrected chi connectivity index (χ1v) is 21.8. The third-order valence-electron chi connectivity index (χ3n) is 9.48. The number of hydrogen-bond donors (Lipinski definition) is 3. The van der Waals surface area contributed by atoms with Crippen LogP contribution in [0.3, 0.4) is 0 Å². The standard InChI is InChI=1S/C46H60N3O7P/c1-34(2)28-41(43(51)48-45(53)56-46(3,4)5)49(26-27-55-57(54,32-37-22-14-8-15-23-37)33-38-24-16-9-17-25-38)44(52)39(29-35-18-10-6-11-19-35)31-42(50)40(47)30-36-20-12-7-13-21-36/h6-25,34,39-42,50H,26-33,47H2,1-5H3,(H,48,51,53)/t39?,40-,41+,42-/m0/s1. The molecule has 0 fully saturated rings. The van der Waals surface area contributed by atoms with Gasteiger partial charge in [-0.25, -0.2) is 4.79 Å². The van der Waals surface area contributed by atoms with Gasteiger partial charge in [-0.1, -0.05) is 135 Å². The number of benzene rings is 4. The van der Waals surface area contributed by atoms with Gasteiger partial charge in [0, 0.05) is 18.5 Å². The highest BCUT2D eigenvalue weighted by Crippen LogP contribution is 2.53. The lowest BCUT2D eigenvalue weighted by Crippen LogP contribution is -2.55. The summed E-state index contributed by atoms with van der Waals surface area (Å²) in [5, 5.41) is 13.9. The summed E-state index contributed by atoms with van der Waals surface area (Å²) in [5.41, 5.74) is 9.22. The minimum absolute atomic E-state index is 0.0156. The van der Waals surface area contributed by atoms with Crippen LogP contribution in [-0.2, 0) is 48.6 Å². The molecule has 3 amide bonds. The smallest absolute Gasteiger partial charge is 0.414 e. The molecule has 4 N–H and O–H groups in total. The fourth-order valence-corrected chi connectivity index (χ4v) is 9.04. The molecule has 0 saturated heterocycles. The highest BCUT2D eigenvalue weighted by Gasteiger charge is 2.37. The lowest BCUT2D eigenvalue weighted by atomic mass is 9.88. The second kappa shape index (κ2) is 21.8. The zero-order valence-corrected chi connectivity index (χ0v) is 34.9. The van der Waals surface area contributed by atoms with Gasteiger partial charge in [-0.15, -0.1) is 0 Å². The Morgan fingerprint density at radius 3 is 1.65 bits per heavy atom. The van der Waals surface area contributed by atoms with Crippen LogP contribution < -0.4 is 11.1 Å². The van der Waals surface area contributed by atoms with Crippen LogP contribution in [0.25, 0.3) is 0 Å². The van der Waals surface area contributed by atoms with Gasteiger partial charge < -0.3 is 25.0 Å². The summed E-state index contributed by atoms with van der Waals surface area (Å²) in [6.07, 6.45) is -0.754. The van der Waals surface area contributed by atoms with E-state index in [2.05, 4.69) is 5.32 Å². The first-order chi connectivity index (χ1) is 27.1. The topological polar surface area (TPSA) is 148 Å². The number of alkyl carbamates (subject to hydrolysis) is 1. The molecule has 4 aromatic rings. The fourth-order valence-electron chi connectivity index (χ4n) is 6.80. The van der Waals surface area contributed by atoms with Crippen molar-refractivity contribution in [2.24, 2.45) is 17.6 Å². The van der Waals surface area contributed by atoms with E-state index in [-0.39, 0.29) is 50.7 Å². The van der Waals surface area contributed by atoms with E-state index in [1.54, 1.807) is 20.8 Å². The Morgan fingerprint density at radius 2 is 1.19 bits per heavy atom. The quantitative estimate of drug-likeness (QED) is 0.0760. The summed E-state index contributed by atoms with van der Waals surface area (Å²) in [4.78, 5) is 43.6. The van der Waals surface area contributed by atoms with Gasteiger partial charge in [0.25, 0.3) is 5.91 Å². The summed E-state index contributed by atoms with van der Waals surface area (Å²) in [6.45, 7) is 8.68. The van der Waals surface area contributed by atoms with Crippen molar-refractivity contribution >= 4 is 25.3 Å². The second-order valence-electron chi connectivity index (χ2n) is 16.1. The Bertz CT molecular complexity index is 1830. The van der Waals surface area contributed by atoms with E-state index in [1.165, 1.54) is 4.90 Å². The van der Waals surface area contributed by atoms with Gasteiger partial charge in [0.05, 0.1) is 25.0 Å². The SMILES string of the molecule is CC(C)C[C@H](C(=O)NC(=O)OC(C)(C)C)N(CCOP(=O)(Cc1ccccc1)Cc1ccccc1)C(=O)C(Cc1ccccc1)C[C@H](O)[C@@H](N)Cc1ccccc1. The zero-order valence-electron chi connectivity index (χ0n) is 34.0. The Kier molecular flexibility index (Phi) is 17.2. The van der Waals surface area contributed by atoms with E-state index in [1.807, 2.05) is 135 Å². The molecule has 1 unspecified atom stereocenters. The van der Waals surface area contributed by atoms with Crippen LogP contribution in [0.4, 0.5) is 4.79 Å². The normalized spacial score (nSPS) is 14.0. The average Bonchev–Trinajstić information content (AvgIpc) is 3.16. The molecule has 0 aliphatic rings. The molecule has 4 atom stereocenters. The van der Waals surface area contributed by atoms with Crippen LogP contribution in [0.15, 0.2) is 121 Å². The molecular formula is C46H60N3O7P. The van der Waals surface area contributed by atoms with Gasteiger partial charge in [-0.2, -0.15) is 0 Å². The number of aliphatic hydroxyl groups excluding tert-OH is 1. The first kappa shape index (κ1) is 45.1. The van der Waals surface area contributed by atoms with Gasteiger partial charge in [-0.05, 0) is 74.6 Å². The molecular weight excluding hydrogens is 737 g/mol. The van der Waals surface area contributed by atoms with E-state index >= 15 is 4.79 Å². The number of imide groups is 1. The summed E-state index contributed by atoms with van der Waals surface area (Å²) in [6, 6.07) is 36.2. The third kappa shape index (κ3) is 15.7. The number of aliphatic hydroxyl groups is 1. The first-order valence-electron chi connectivity index (χ1n) is 19.8. The van der Waals surface area contributed by atoms with Crippen LogP contribution in [0.5, 0.6) is 0 Å². The summed E-state index contributed by atoms with van der Waals surface area (Å²) < 4.78 is 26.5. The zero-order chi connectivity index (χ0) is 41.4. The van der Waals surface area contributed by atoms with Crippen LogP contribution in [0, 0.1) is 11.8 Å². The number of hydrogen-bond acceptors (Lipinski definition) is 8. The van der Waals surface area contributed by atoms with Crippen LogP contribution in [0.2, 0.25) is 0 Å². The summed E-state index contributed by atoms with van der Waals surface area (Å²) in [7, 11) is -3.39. The van der Waals surface area contributed by atoms with Crippen molar-refractivity contribution in [2.45, 2.75) is 96.4 Å².